The maximum atomic E-state index is 11.4. The van der Waals surface area contributed by atoms with Gasteiger partial charge in [-0.25, -0.2) is 5.84 Å². The van der Waals surface area contributed by atoms with Gasteiger partial charge in [-0.3, -0.25) is 15.1 Å². The summed E-state index contributed by atoms with van der Waals surface area (Å²) in [6, 6.07) is 8.63. The predicted octanol–water partition coefficient (Wildman–Crippen LogP) is 1.62. The molecule has 0 heterocycles. The van der Waals surface area contributed by atoms with E-state index in [4.69, 9.17) is 5.84 Å². The average molecular weight is 249 g/mol. The average Bonchev–Trinajstić information content (AvgIpc) is 2.37. The summed E-state index contributed by atoms with van der Waals surface area (Å²) < 4.78 is 0. The number of rotatable bonds is 5. The van der Waals surface area contributed by atoms with Crippen molar-refractivity contribution in [1.29, 1.82) is 0 Å². The smallest absolute Gasteiger partial charge is 0.241 e. The van der Waals surface area contributed by atoms with Crippen molar-refractivity contribution in [2.45, 2.75) is 39.3 Å². The quantitative estimate of drug-likeness (QED) is 0.473. The first-order chi connectivity index (χ1) is 8.45. The van der Waals surface area contributed by atoms with E-state index in [2.05, 4.69) is 43.4 Å². The van der Waals surface area contributed by atoms with Crippen molar-refractivity contribution in [3.63, 3.8) is 0 Å². The number of carbonyl (C=O) groups excluding carboxylic acids is 1. The highest BCUT2D eigenvalue weighted by Gasteiger charge is 2.13. The Balaban J connectivity index is 2.71. The van der Waals surface area contributed by atoms with Crippen LogP contribution in [0, 0.1) is 0 Å². The van der Waals surface area contributed by atoms with Crippen molar-refractivity contribution in [2.75, 3.05) is 7.05 Å². The van der Waals surface area contributed by atoms with Crippen LogP contribution < -0.4 is 11.3 Å². The number of hydrogen-bond acceptors (Lipinski definition) is 3. The summed E-state index contributed by atoms with van der Waals surface area (Å²) in [4.78, 5) is 13.7. The third kappa shape index (κ3) is 3.82. The van der Waals surface area contributed by atoms with Crippen LogP contribution in [0.3, 0.4) is 0 Å². The van der Waals surface area contributed by atoms with Gasteiger partial charge in [0.05, 0.1) is 5.92 Å². The van der Waals surface area contributed by atoms with Gasteiger partial charge in [0, 0.05) is 12.6 Å². The number of nitrogens with two attached hydrogens (primary N) is 1. The van der Waals surface area contributed by atoms with E-state index in [-0.39, 0.29) is 11.8 Å². The Kier molecular flexibility index (Phi) is 5.31. The Morgan fingerprint density at radius 1 is 1.28 bits per heavy atom. The topological polar surface area (TPSA) is 58.4 Å². The summed E-state index contributed by atoms with van der Waals surface area (Å²) in [5.74, 6) is 4.75. The lowest BCUT2D eigenvalue weighted by Gasteiger charge is -2.21. The molecule has 0 aliphatic carbocycles. The maximum absolute atomic E-state index is 11.4. The van der Waals surface area contributed by atoms with Crippen LogP contribution >= 0.6 is 0 Å². The lowest BCUT2D eigenvalue weighted by Crippen LogP contribution is -2.33. The molecule has 0 aromatic heterocycles. The minimum Gasteiger partial charge on any atom is -0.300 e. The molecule has 0 aliphatic rings. The van der Waals surface area contributed by atoms with E-state index >= 15 is 0 Å². The summed E-state index contributed by atoms with van der Waals surface area (Å²) in [6.07, 6.45) is 0. The van der Waals surface area contributed by atoms with Crippen LogP contribution in [0.25, 0.3) is 0 Å². The molecular formula is C14H23N3O. The molecule has 1 rings (SSSR count). The normalized spacial score (nSPS) is 12.8. The van der Waals surface area contributed by atoms with Gasteiger partial charge in [-0.05, 0) is 38.9 Å². The van der Waals surface area contributed by atoms with Gasteiger partial charge >= 0.3 is 0 Å². The molecule has 0 fully saturated rings. The zero-order valence-electron chi connectivity index (χ0n) is 11.6. The Morgan fingerprint density at radius 2 is 1.83 bits per heavy atom. The van der Waals surface area contributed by atoms with Gasteiger partial charge in [0.1, 0.15) is 0 Å². The first kappa shape index (κ1) is 14.7. The Bertz CT molecular complexity index is 387. The summed E-state index contributed by atoms with van der Waals surface area (Å²) in [5.41, 5.74) is 4.40. The lowest BCUT2D eigenvalue weighted by atomic mass is 9.99. The van der Waals surface area contributed by atoms with Crippen LogP contribution in [0.15, 0.2) is 24.3 Å². The zero-order chi connectivity index (χ0) is 13.7. The highest BCUT2D eigenvalue weighted by atomic mass is 16.2. The van der Waals surface area contributed by atoms with Gasteiger partial charge in [0.2, 0.25) is 5.91 Å². The summed E-state index contributed by atoms with van der Waals surface area (Å²) in [5, 5.41) is 0. The molecule has 0 radical (unpaired) electrons. The number of amides is 1. The molecule has 1 amide bonds. The van der Waals surface area contributed by atoms with Crippen molar-refractivity contribution in [1.82, 2.24) is 10.3 Å². The Hall–Kier alpha value is -1.39. The van der Waals surface area contributed by atoms with E-state index in [0.717, 1.165) is 12.1 Å². The second kappa shape index (κ2) is 6.52. The fraction of sp³-hybridized carbons (Fsp3) is 0.500. The van der Waals surface area contributed by atoms with Crippen LogP contribution in [0.5, 0.6) is 0 Å². The number of carbonyl (C=O) groups is 1. The highest BCUT2D eigenvalue weighted by molar-refractivity contribution is 5.82. The van der Waals surface area contributed by atoms with E-state index in [9.17, 15) is 4.79 Å². The minimum absolute atomic E-state index is 0.165. The monoisotopic (exact) mass is 249 g/mol. The second-order valence-electron chi connectivity index (χ2n) is 4.98. The molecule has 18 heavy (non-hydrogen) atoms. The van der Waals surface area contributed by atoms with E-state index in [1.165, 1.54) is 5.56 Å². The standard InChI is InChI=1S/C14H23N3O/c1-10(2)17(4)9-12-5-7-13(8-6-12)11(3)14(18)16-15/h5-8,10-11H,9,15H2,1-4H3,(H,16,18). The van der Waals surface area contributed by atoms with Crippen molar-refractivity contribution in [3.05, 3.63) is 35.4 Å². The molecule has 1 aromatic carbocycles. The number of hydrogen-bond donors (Lipinski definition) is 2. The van der Waals surface area contributed by atoms with Gasteiger partial charge in [-0.2, -0.15) is 0 Å². The van der Waals surface area contributed by atoms with Gasteiger partial charge < -0.3 is 0 Å². The number of benzene rings is 1. The number of nitrogens with one attached hydrogen (secondary N) is 1. The van der Waals surface area contributed by atoms with E-state index < -0.39 is 0 Å². The van der Waals surface area contributed by atoms with Crippen LogP contribution in [0.1, 0.15) is 37.8 Å². The molecule has 4 nitrogen and oxygen atoms in total. The molecular weight excluding hydrogens is 226 g/mol. The molecule has 3 N–H and O–H groups in total. The fourth-order valence-corrected chi connectivity index (χ4v) is 1.66. The van der Waals surface area contributed by atoms with Crippen LogP contribution in [-0.2, 0) is 11.3 Å². The summed E-state index contributed by atoms with van der Waals surface area (Å²) in [7, 11) is 2.10. The number of hydrazine groups is 1. The third-order valence-corrected chi connectivity index (χ3v) is 3.33. The fourth-order valence-electron chi connectivity index (χ4n) is 1.66. The largest absolute Gasteiger partial charge is 0.300 e. The van der Waals surface area contributed by atoms with Crippen molar-refractivity contribution in [3.8, 4) is 0 Å². The minimum atomic E-state index is -0.216. The number of nitrogens with zero attached hydrogens (tertiary/aromatic N) is 1. The Labute approximate surface area is 109 Å². The van der Waals surface area contributed by atoms with Gasteiger partial charge in [-0.1, -0.05) is 24.3 Å². The third-order valence-electron chi connectivity index (χ3n) is 3.33. The molecule has 0 saturated heterocycles. The van der Waals surface area contributed by atoms with Crippen molar-refractivity contribution in [2.24, 2.45) is 5.84 Å². The SMILES string of the molecule is CC(C(=O)NN)c1ccc(CN(C)C(C)C)cc1. The molecule has 4 heteroatoms. The molecule has 0 aliphatic heterocycles. The van der Waals surface area contributed by atoms with E-state index in [0.29, 0.717) is 6.04 Å². The van der Waals surface area contributed by atoms with Gasteiger partial charge in [0.15, 0.2) is 0 Å². The first-order valence-electron chi connectivity index (χ1n) is 6.25. The molecule has 100 valence electrons. The van der Waals surface area contributed by atoms with Gasteiger partial charge in [0.25, 0.3) is 0 Å². The van der Waals surface area contributed by atoms with Crippen molar-refractivity contribution >= 4 is 5.91 Å². The molecule has 1 unspecified atom stereocenters. The Morgan fingerprint density at radius 3 is 2.28 bits per heavy atom. The van der Waals surface area contributed by atoms with E-state index in [1.54, 1.807) is 0 Å². The van der Waals surface area contributed by atoms with Crippen LogP contribution in [-0.4, -0.2) is 23.9 Å². The van der Waals surface area contributed by atoms with Crippen LogP contribution in [0.2, 0.25) is 0 Å². The molecule has 1 atom stereocenters. The highest BCUT2D eigenvalue weighted by Crippen LogP contribution is 2.16. The first-order valence-corrected chi connectivity index (χ1v) is 6.25. The van der Waals surface area contributed by atoms with Gasteiger partial charge in [-0.15, -0.1) is 0 Å². The van der Waals surface area contributed by atoms with Crippen LogP contribution in [0.4, 0.5) is 0 Å². The maximum Gasteiger partial charge on any atom is 0.241 e. The lowest BCUT2D eigenvalue weighted by molar-refractivity contribution is -0.122. The molecule has 0 saturated carbocycles. The predicted molar refractivity (Wildman–Crippen MR) is 73.8 cm³/mol. The second-order valence-corrected chi connectivity index (χ2v) is 4.98. The summed E-state index contributed by atoms with van der Waals surface area (Å²) in [6.45, 7) is 7.09. The molecule has 1 aromatic rings. The van der Waals surface area contributed by atoms with Crippen molar-refractivity contribution < 1.29 is 4.79 Å². The summed E-state index contributed by atoms with van der Waals surface area (Å²) >= 11 is 0. The van der Waals surface area contributed by atoms with E-state index in [1.807, 2.05) is 19.1 Å². The molecule has 0 bridgehead atoms. The zero-order valence-corrected chi connectivity index (χ0v) is 11.6. The molecule has 0 spiro atoms.